The van der Waals surface area contributed by atoms with Gasteiger partial charge >= 0.3 is 5.97 Å². The van der Waals surface area contributed by atoms with Gasteiger partial charge in [0.2, 0.25) is 5.91 Å². The van der Waals surface area contributed by atoms with Gasteiger partial charge < -0.3 is 20.1 Å². The molecule has 0 saturated carbocycles. The molecule has 28 heavy (non-hydrogen) atoms. The normalized spacial score (nSPS) is 12.4. The van der Waals surface area contributed by atoms with Gasteiger partial charge in [-0.1, -0.05) is 48.5 Å². The molecule has 2 aromatic rings. The molecule has 7 heteroatoms. The van der Waals surface area contributed by atoms with Crippen molar-refractivity contribution in [3.05, 3.63) is 66.2 Å². The molecule has 0 fully saturated rings. The number of amides is 2. The Kier molecular flexibility index (Phi) is 8.02. The van der Waals surface area contributed by atoms with Crippen LogP contribution in [0.15, 0.2) is 60.7 Å². The highest BCUT2D eigenvalue weighted by Crippen LogP contribution is 2.08. The van der Waals surface area contributed by atoms with Crippen LogP contribution in [0.5, 0.6) is 5.75 Å². The third-order valence-electron chi connectivity index (χ3n) is 3.97. The number of carbonyl (C=O) groups excluding carboxylic acids is 3. The maximum Gasteiger partial charge on any atom is 0.328 e. The van der Waals surface area contributed by atoms with Crippen molar-refractivity contribution in [1.29, 1.82) is 0 Å². The minimum Gasteiger partial charge on any atom is -0.484 e. The van der Waals surface area contributed by atoms with E-state index in [0.717, 1.165) is 5.56 Å². The van der Waals surface area contributed by atoms with Gasteiger partial charge in [-0.15, -0.1) is 0 Å². The van der Waals surface area contributed by atoms with Crippen LogP contribution in [0.4, 0.5) is 0 Å². The van der Waals surface area contributed by atoms with Crippen molar-refractivity contribution in [1.82, 2.24) is 10.6 Å². The van der Waals surface area contributed by atoms with E-state index in [1.54, 1.807) is 24.3 Å². The van der Waals surface area contributed by atoms with Gasteiger partial charge in [0.15, 0.2) is 6.61 Å². The van der Waals surface area contributed by atoms with Gasteiger partial charge in [-0.2, -0.15) is 0 Å². The standard InChI is InChI=1S/C21H24N2O5/c1-15(22-19(24)14-28-17-11-7-4-8-12-17)20(25)23-18(21(26)27-2)13-16-9-5-3-6-10-16/h3-12,15,18H,13-14H2,1-2H3,(H,22,24)(H,23,25)/t15-,18+/m1/s1. The highest BCUT2D eigenvalue weighted by Gasteiger charge is 2.25. The van der Waals surface area contributed by atoms with Crippen LogP contribution in [0.2, 0.25) is 0 Å². The molecule has 0 spiro atoms. The van der Waals surface area contributed by atoms with Crippen molar-refractivity contribution >= 4 is 17.8 Å². The quantitative estimate of drug-likeness (QED) is 0.639. The lowest BCUT2D eigenvalue weighted by molar-refractivity contribution is -0.145. The van der Waals surface area contributed by atoms with Gasteiger partial charge in [0, 0.05) is 6.42 Å². The van der Waals surface area contributed by atoms with Crippen molar-refractivity contribution in [2.45, 2.75) is 25.4 Å². The summed E-state index contributed by atoms with van der Waals surface area (Å²) in [5.74, 6) is -0.921. The van der Waals surface area contributed by atoms with Crippen LogP contribution in [-0.4, -0.2) is 43.6 Å². The maximum atomic E-state index is 12.4. The van der Waals surface area contributed by atoms with Gasteiger partial charge in [0.1, 0.15) is 17.8 Å². The van der Waals surface area contributed by atoms with Crippen LogP contribution < -0.4 is 15.4 Å². The average molecular weight is 384 g/mol. The van der Waals surface area contributed by atoms with Crippen molar-refractivity contribution in [2.24, 2.45) is 0 Å². The average Bonchev–Trinajstić information content (AvgIpc) is 2.72. The number of nitrogens with one attached hydrogen (secondary N) is 2. The molecular weight excluding hydrogens is 360 g/mol. The van der Waals surface area contributed by atoms with Crippen LogP contribution in [0.1, 0.15) is 12.5 Å². The molecule has 0 saturated heterocycles. The molecule has 2 rings (SSSR count). The highest BCUT2D eigenvalue weighted by atomic mass is 16.5. The van der Waals surface area contributed by atoms with E-state index in [1.807, 2.05) is 36.4 Å². The Morgan fingerprint density at radius 3 is 2.14 bits per heavy atom. The number of ether oxygens (including phenoxy) is 2. The first kappa shape index (κ1) is 21.0. The summed E-state index contributed by atoms with van der Waals surface area (Å²) in [5, 5.41) is 5.17. The molecule has 0 heterocycles. The first-order chi connectivity index (χ1) is 13.5. The second-order valence-corrected chi connectivity index (χ2v) is 6.16. The zero-order chi connectivity index (χ0) is 20.4. The van der Waals surface area contributed by atoms with E-state index >= 15 is 0 Å². The molecule has 0 aliphatic rings. The fourth-order valence-corrected chi connectivity index (χ4v) is 2.50. The van der Waals surface area contributed by atoms with E-state index in [1.165, 1.54) is 14.0 Å². The predicted molar refractivity (Wildman–Crippen MR) is 104 cm³/mol. The SMILES string of the molecule is COC(=O)[C@H](Cc1ccccc1)NC(=O)[C@@H](C)NC(=O)COc1ccccc1. The molecule has 0 bridgehead atoms. The highest BCUT2D eigenvalue weighted by molar-refractivity contribution is 5.90. The Morgan fingerprint density at radius 1 is 0.929 bits per heavy atom. The Labute approximate surface area is 164 Å². The number of hydrogen-bond acceptors (Lipinski definition) is 5. The molecule has 0 aliphatic carbocycles. The van der Waals surface area contributed by atoms with Gasteiger partial charge in [0.25, 0.3) is 5.91 Å². The molecule has 0 aliphatic heterocycles. The molecule has 2 N–H and O–H groups in total. The topological polar surface area (TPSA) is 93.7 Å². The first-order valence-corrected chi connectivity index (χ1v) is 8.89. The molecule has 148 valence electrons. The summed E-state index contributed by atoms with van der Waals surface area (Å²) >= 11 is 0. The summed E-state index contributed by atoms with van der Waals surface area (Å²) in [6, 6.07) is 16.5. The Hall–Kier alpha value is -3.35. The molecule has 0 aromatic heterocycles. The first-order valence-electron chi connectivity index (χ1n) is 8.89. The third-order valence-corrected chi connectivity index (χ3v) is 3.97. The smallest absolute Gasteiger partial charge is 0.328 e. The van der Waals surface area contributed by atoms with Crippen LogP contribution in [0.3, 0.4) is 0 Å². The van der Waals surface area contributed by atoms with Gasteiger partial charge in [0.05, 0.1) is 7.11 Å². The Bertz CT molecular complexity index is 780. The lowest BCUT2D eigenvalue weighted by Gasteiger charge is -2.20. The van der Waals surface area contributed by atoms with E-state index in [2.05, 4.69) is 10.6 Å². The van der Waals surface area contributed by atoms with E-state index in [0.29, 0.717) is 5.75 Å². The lowest BCUT2D eigenvalue weighted by Crippen LogP contribution is -2.52. The van der Waals surface area contributed by atoms with Crippen LogP contribution in [0, 0.1) is 0 Å². The minimum absolute atomic E-state index is 0.216. The number of rotatable bonds is 9. The van der Waals surface area contributed by atoms with E-state index < -0.39 is 29.9 Å². The predicted octanol–water partition coefficient (Wildman–Crippen LogP) is 1.47. The number of hydrogen-bond donors (Lipinski definition) is 2. The van der Waals surface area contributed by atoms with E-state index in [9.17, 15) is 14.4 Å². The van der Waals surface area contributed by atoms with Crippen LogP contribution in [-0.2, 0) is 25.5 Å². The van der Waals surface area contributed by atoms with Gasteiger partial charge in [-0.05, 0) is 24.6 Å². The van der Waals surface area contributed by atoms with Crippen molar-refractivity contribution in [2.75, 3.05) is 13.7 Å². The number of methoxy groups -OCH3 is 1. The van der Waals surface area contributed by atoms with E-state index in [-0.39, 0.29) is 13.0 Å². The molecule has 0 unspecified atom stereocenters. The summed E-state index contributed by atoms with van der Waals surface area (Å²) < 4.78 is 10.1. The number of benzene rings is 2. The monoisotopic (exact) mass is 384 g/mol. The maximum absolute atomic E-state index is 12.4. The van der Waals surface area contributed by atoms with Crippen LogP contribution in [0.25, 0.3) is 0 Å². The lowest BCUT2D eigenvalue weighted by atomic mass is 10.1. The summed E-state index contributed by atoms with van der Waals surface area (Å²) in [6.45, 7) is 1.32. The summed E-state index contributed by atoms with van der Waals surface area (Å²) in [5.41, 5.74) is 0.881. The number of esters is 1. The second-order valence-electron chi connectivity index (χ2n) is 6.16. The van der Waals surface area contributed by atoms with E-state index in [4.69, 9.17) is 9.47 Å². The third kappa shape index (κ3) is 6.75. The Morgan fingerprint density at radius 2 is 1.54 bits per heavy atom. The van der Waals surface area contributed by atoms with Crippen LogP contribution >= 0.6 is 0 Å². The largest absolute Gasteiger partial charge is 0.484 e. The summed E-state index contributed by atoms with van der Waals surface area (Å²) in [7, 11) is 1.26. The Balaban J connectivity index is 1.87. The van der Waals surface area contributed by atoms with Gasteiger partial charge in [-0.3, -0.25) is 9.59 Å². The summed E-state index contributed by atoms with van der Waals surface area (Å²) in [6.07, 6.45) is 0.289. The fourth-order valence-electron chi connectivity index (χ4n) is 2.50. The zero-order valence-corrected chi connectivity index (χ0v) is 15.9. The van der Waals surface area contributed by atoms with Crippen molar-refractivity contribution in [3.63, 3.8) is 0 Å². The molecule has 2 atom stereocenters. The molecule has 2 aromatic carbocycles. The zero-order valence-electron chi connectivity index (χ0n) is 15.9. The van der Waals surface area contributed by atoms with Gasteiger partial charge in [-0.25, -0.2) is 4.79 Å². The van der Waals surface area contributed by atoms with Crippen molar-refractivity contribution in [3.8, 4) is 5.75 Å². The number of carbonyl (C=O) groups is 3. The molecule has 0 radical (unpaired) electrons. The fraction of sp³-hybridized carbons (Fsp3) is 0.286. The molecule has 2 amide bonds. The second kappa shape index (κ2) is 10.7. The molecule has 7 nitrogen and oxygen atoms in total. The summed E-state index contributed by atoms with van der Waals surface area (Å²) in [4.78, 5) is 36.4. The van der Waals surface area contributed by atoms with Crippen molar-refractivity contribution < 1.29 is 23.9 Å². The number of para-hydroxylation sites is 1. The molecular formula is C21H24N2O5. The minimum atomic E-state index is -0.847.